The summed E-state index contributed by atoms with van der Waals surface area (Å²) in [6, 6.07) is 12.8. The highest BCUT2D eigenvalue weighted by molar-refractivity contribution is 7.45. The van der Waals surface area contributed by atoms with Gasteiger partial charge in [-0.15, -0.1) is 0 Å². The van der Waals surface area contributed by atoms with Crippen LogP contribution in [-0.2, 0) is 4.57 Å². The van der Waals surface area contributed by atoms with Crippen molar-refractivity contribution in [3.8, 4) is 5.75 Å². The molecular formula is C19H21N2O7P. The summed E-state index contributed by atoms with van der Waals surface area (Å²) in [7, 11) is -4.64. The van der Waals surface area contributed by atoms with Gasteiger partial charge in [0.05, 0.1) is 17.7 Å². The van der Waals surface area contributed by atoms with Crippen LogP contribution >= 0.6 is 7.82 Å². The van der Waals surface area contributed by atoms with Gasteiger partial charge >= 0.3 is 13.8 Å². The third-order valence-corrected chi connectivity index (χ3v) is 3.55. The third kappa shape index (κ3) is 7.52. The number of H-pyrrole nitrogens is 1. The van der Waals surface area contributed by atoms with E-state index in [4.69, 9.17) is 24.0 Å². The van der Waals surface area contributed by atoms with Gasteiger partial charge in [0.1, 0.15) is 17.1 Å². The maximum Gasteiger partial charge on any atom is 0.466 e. The SMILES string of the molecule is CCCOc1ccc(/C=C/c2nc3c(C(=O)O)cccc3[nH]2)cc1.O=P(O)(O)O. The number of carboxylic acids is 1. The number of aromatic amines is 1. The molecule has 5 N–H and O–H groups in total. The van der Waals surface area contributed by atoms with Crippen molar-refractivity contribution >= 4 is 37.0 Å². The second-order valence-corrected chi connectivity index (χ2v) is 6.92. The van der Waals surface area contributed by atoms with E-state index in [2.05, 4.69) is 16.9 Å². The molecule has 0 saturated heterocycles. The van der Waals surface area contributed by atoms with Crippen LogP contribution in [0.2, 0.25) is 0 Å². The van der Waals surface area contributed by atoms with E-state index in [0.717, 1.165) is 17.7 Å². The molecule has 9 nitrogen and oxygen atoms in total. The molecule has 0 aliphatic carbocycles. The monoisotopic (exact) mass is 420 g/mol. The summed E-state index contributed by atoms with van der Waals surface area (Å²) in [5.74, 6) is 0.485. The lowest BCUT2D eigenvalue weighted by Gasteiger charge is -2.03. The number of rotatable bonds is 6. The smallest absolute Gasteiger partial charge is 0.466 e. The van der Waals surface area contributed by atoms with E-state index >= 15 is 0 Å². The van der Waals surface area contributed by atoms with Gasteiger partial charge in [0.25, 0.3) is 0 Å². The Bertz CT molecular complexity index is 1030. The second kappa shape index (κ2) is 9.99. The average molecular weight is 420 g/mol. The maximum atomic E-state index is 11.2. The lowest BCUT2D eigenvalue weighted by atomic mass is 10.2. The number of para-hydroxylation sites is 1. The molecule has 0 saturated carbocycles. The van der Waals surface area contributed by atoms with Crippen LogP contribution in [-0.4, -0.2) is 42.3 Å². The number of nitrogens with one attached hydrogen (secondary N) is 1. The standard InChI is InChI=1S/C19H18N2O3.H3O4P/c1-2-12-24-14-9-6-13(7-10-14)8-11-17-20-16-5-3-4-15(19(22)23)18(16)21-17;1-5(2,3)4/h3-11H,2,12H2,1H3,(H,20,21)(H,22,23);(H3,1,2,3,4)/b11-8+;. The van der Waals surface area contributed by atoms with Crippen molar-refractivity contribution in [3.63, 3.8) is 0 Å². The molecule has 0 radical (unpaired) electrons. The van der Waals surface area contributed by atoms with Gasteiger partial charge in [-0.3, -0.25) is 0 Å². The molecule has 0 amide bonds. The Labute approximate surface area is 166 Å². The highest BCUT2D eigenvalue weighted by Crippen LogP contribution is 2.25. The van der Waals surface area contributed by atoms with Crippen molar-refractivity contribution in [2.24, 2.45) is 0 Å². The zero-order valence-corrected chi connectivity index (χ0v) is 16.4. The molecule has 1 aromatic heterocycles. The van der Waals surface area contributed by atoms with Crippen LogP contribution in [0.15, 0.2) is 42.5 Å². The van der Waals surface area contributed by atoms with Gasteiger partial charge in [-0.25, -0.2) is 14.3 Å². The number of benzene rings is 2. The summed E-state index contributed by atoms with van der Waals surface area (Å²) in [6.07, 6.45) is 4.72. The Morgan fingerprint density at radius 2 is 1.79 bits per heavy atom. The largest absolute Gasteiger partial charge is 0.494 e. The third-order valence-electron chi connectivity index (χ3n) is 3.55. The van der Waals surface area contributed by atoms with Gasteiger partial charge in [0, 0.05) is 0 Å². The first kappa shape index (κ1) is 22.3. The Hall–Kier alpha value is -2.97. The summed E-state index contributed by atoms with van der Waals surface area (Å²) in [5.41, 5.74) is 2.38. The van der Waals surface area contributed by atoms with Crippen LogP contribution in [0.4, 0.5) is 0 Å². The van der Waals surface area contributed by atoms with Crippen LogP contribution < -0.4 is 4.74 Å². The maximum absolute atomic E-state index is 11.2. The summed E-state index contributed by atoms with van der Waals surface area (Å²) >= 11 is 0. The predicted molar refractivity (Wildman–Crippen MR) is 108 cm³/mol. The molecule has 0 spiro atoms. The van der Waals surface area contributed by atoms with E-state index in [0.29, 0.717) is 23.5 Å². The number of carbonyl (C=O) groups is 1. The average Bonchev–Trinajstić information content (AvgIpc) is 3.07. The van der Waals surface area contributed by atoms with E-state index in [1.165, 1.54) is 0 Å². The Morgan fingerprint density at radius 1 is 1.14 bits per heavy atom. The first-order chi connectivity index (χ1) is 13.7. The van der Waals surface area contributed by atoms with Gasteiger partial charge in [0.2, 0.25) is 0 Å². The molecular weight excluding hydrogens is 399 g/mol. The van der Waals surface area contributed by atoms with Crippen LogP contribution in [0.25, 0.3) is 23.2 Å². The highest BCUT2D eigenvalue weighted by Gasteiger charge is 2.11. The predicted octanol–water partition coefficient (Wildman–Crippen LogP) is 3.29. The van der Waals surface area contributed by atoms with Crippen LogP contribution in [0, 0.1) is 0 Å². The number of phosphoric acid groups is 1. The van der Waals surface area contributed by atoms with E-state index in [-0.39, 0.29) is 5.56 Å². The number of imidazole rings is 1. The molecule has 2 aromatic carbocycles. The van der Waals surface area contributed by atoms with Gasteiger partial charge in [-0.1, -0.05) is 31.2 Å². The Morgan fingerprint density at radius 3 is 2.38 bits per heavy atom. The van der Waals surface area contributed by atoms with Gasteiger partial charge in [0.15, 0.2) is 0 Å². The Balaban J connectivity index is 0.000000537. The molecule has 10 heteroatoms. The van der Waals surface area contributed by atoms with E-state index in [9.17, 15) is 9.90 Å². The molecule has 0 bridgehead atoms. The fraction of sp³-hybridized carbons (Fsp3) is 0.158. The molecule has 0 atom stereocenters. The van der Waals surface area contributed by atoms with E-state index in [1.54, 1.807) is 12.1 Å². The number of carboxylic acid groups (broad SMARTS) is 1. The topological polar surface area (TPSA) is 153 Å². The van der Waals surface area contributed by atoms with E-state index < -0.39 is 13.8 Å². The molecule has 3 rings (SSSR count). The molecule has 0 unspecified atom stereocenters. The number of ether oxygens (including phenoxy) is 1. The van der Waals surface area contributed by atoms with Gasteiger partial charge in [-0.05, 0) is 42.3 Å². The minimum atomic E-state index is -4.64. The van der Waals surface area contributed by atoms with E-state index in [1.807, 2.05) is 42.5 Å². The van der Waals surface area contributed by atoms with Crippen molar-refractivity contribution in [1.29, 1.82) is 0 Å². The molecule has 0 aliphatic rings. The number of nitrogens with zero attached hydrogens (tertiary/aromatic N) is 1. The fourth-order valence-corrected chi connectivity index (χ4v) is 2.37. The minimum absolute atomic E-state index is 0.195. The zero-order chi connectivity index (χ0) is 21.4. The van der Waals surface area contributed by atoms with Crippen LogP contribution in [0.3, 0.4) is 0 Å². The normalized spacial score (nSPS) is 11.3. The van der Waals surface area contributed by atoms with Crippen molar-refractivity contribution in [1.82, 2.24) is 9.97 Å². The molecule has 3 aromatic rings. The molecule has 0 fully saturated rings. The number of hydrogen-bond acceptors (Lipinski definition) is 4. The quantitative estimate of drug-likeness (QED) is 0.381. The summed E-state index contributed by atoms with van der Waals surface area (Å²) in [4.78, 5) is 40.3. The molecule has 154 valence electrons. The van der Waals surface area contributed by atoms with Crippen molar-refractivity contribution in [2.45, 2.75) is 13.3 Å². The van der Waals surface area contributed by atoms with Crippen molar-refractivity contribution in [3.05, 3.63) is 59.4 Å². The molecule has 1 heterocycles. The minimum Gasteiger partial charge on any atom is -0.494 e. The number of fused-ring (bicyclic) bond motifs is 1. The van der Waals surface area contributed by atoms with Crippen molar-refractivity contribution in [2.75, 3.05) is 6.61 Å². The van der Waals surface area contributed by atoms with Gasteiger partial charge in [-0.2, -0.15) is 0 Å². The van der Waals surface area contributed by atoms with Crippen molar-refractivity contribution < 1.29 is 33.9 Å². The number of aromatic nitrogens is 2. The van der Waals surface area contributed by atoms with Crippen LogP contribution in [0.1, 0.15) is 35.1 Å². The first-order valence-corrected chi connectivity index (χ1v) is 10.1. The van der Waals surface area contributed by atoms with Gasteiger partial charge < -0.3 is 29.5 Å². The lowest BCUT2D eigenvalue weighted by molar-refractivity contribution is 0.0698. The second-order valence-electron chi connectivity index (χ2n) is 5.89. The zero-order valence-electron chi connectivity index (χ0n) is 15.5. The Kier molecular flexibility index (Phi) is 7.69. The lowest BCUT2D eigenvalue weighted by Crippen LogP contribution is -1.96. The highest BCUT2D eigenvalue weighted by atomic mass is 31.2. The summed E-state index contributed by atoms with van der Waals surface area (Å²) < 4.78 is 14.4. The van der Waals surface area contributed by atoms with Crippen LogP contribution in [0.5, 0.6) is 5.75 Å². The first-order valence-electron chi connectivity index (χ1n) is 8.58. The molecule has 29 heavy (non-hydrogen) atoms. The molecule has 0 aliphatic heterocycles. The summed E-state index contributed by atoms with van der Waals surface area (Å²) in [6.45, 7) is 2.78. The summed E-state index contributed by atoms with van der Waals surface area (Å²) in [5, 5.41) is 9.20. The fourth-order valence-electron chi connectivity index (χ4n) is 2.37. The number of hydrogen-bond donors (Lipinski definition) is 5. The number of aromatic carboxylic acids is 1.